The Morgan fingerprint density at radius 1 is 1.30 bits per heavy atom. The number of rotatable bonds is 4. The molecule has 1 aromatic heterocycles. The smallest absolute Gasteiger partial charge is 0.306 e. The Balaban J connectivity index is 1.78. The number of carbonyl (C=O) groups excluding carboxylic acids is 1. The lowest BCUT2D eigenvalue weighted by molar-refractivity contribution is -0.142. The van der Waals surface area contributed by atoms with Crippen molar-refractivity contribution in [2.75, 3.05) is 0 Å². The van der Waals surface area contributed by atoms with Crippen LogP contribution in [0.2, 0.25) is 0 Å². The third-order valence-corrected chi connectivity index (χ3v) is 3.78. The van der Waals surface area contributed by atoms with E-state index >= 15 is 0 Å². The van der Waals surface area contributed by atoms with Gasteiger partial charge in [0.25, 0.3) is 0 Å². The Labute approximate surface area is 118 Å². The predicted molar refractivity (Wildman–Crippen MR) is 74.2 cm³/mol. The molecule has 1 amide bonds. The van der Waals surface area contributed by atoms with E-state index in [2.05, 4.69) is 10.3 Å². The molecule has 0 saturated heterocycles. The Morgan fingerprint density at radius 2 is 2.00 bits per heavy atom. The molecule has 1 aliphatic carbocycles. The van der Waals surface area contributed by atoms with E-state index in [-0.39, 0.29) is 17.9 Å². The van der Waals surface area contributed by atoms with E-state index in [1.165, 1.54) is 0 Å². The number of carbonyl (C=O) groups is 2. The van der Waals surface area contributed by atoms with Gasteiger partial charge in [-0.3, -0.25) is 14.6 Å². The van der Waals surface area contributed by atoms with E-state index in [4.69, 9.17) is 5.11 Å². The lowest BCUT2D eigenvalue weighted by atomic mass is 9.86. The SMILES string of the molecule is Cc1ccc(CC(=O)NC2CCC(C(=O)O)CC2)cn1. The van der Waals surface area contributed by atoms with E-state index in [1.807, 2.05) is 19.1 Å². The Morgan fingerprint density at radius 3 is 2.55 bits per heavy atom. The van der Waals surface area contributed by atoms with Gasteiger partial charge < -0.3 is 10.4 Å². The second-order valence-electron chi connectivity index (χ2n) is 5.44. The first-order valence-corrected chi connectivity index (χ1v) is 6.98. The molecule has 2 rings (SSSR count). The maximum atomic E-state index is 11.9. The number of aromatic nitrogens is 1. The molecule has 0 spiro atoms. The normalized spacial score (nSPS) is 22.2. The highest BCUT2D eigenvalue weighted by Gasteiger charge is 2.26. The highest BCUT2D eigenvalue weighted by molar-refractivity contribution is 5.78. The molecule has 0 aliphatic heterocycles. The van der Waals surface area contributed by atoms with Crippen LogP contribution < -0.4 is 5.32 Å². The minimum absolute atomic E-state index is 0.0190. The van der Waals surface area contributed by atoms with Crippen LogP contribution in [0.3, 0.4) is 0 Å². The predicted octanol–water partition coefficient (Wildman–Crippen LogP) is 1.69. The fraction of sp³-hybridized carbons (Fsp3) is 0.533. The van der Waals surface area contributed by atoms with Gasteiger partial charge in [0.05, 0.1) is 12.3 Å². The van der Waals surface area contributed by atoms with Crippen LogP contribution in [0.25, 0.3) is 0 Å². The summed E-state index contributed by atoms with van der Waals surface area (Å²) in [6.07, 6.45) is 4.82. The number of aliphatic carboxylic acids is 1. The molecule has 2 N–H and O–H groups in total. The molecule has 5 nitrogen and oxygen atoms in total. The van der Waals surface area contributed by atoms with E-state index in [0.29, 0.717) is 19.3 Å². The average molecular weight is 276 g/mol. The molecule has 0 aromatic carbocycles. The molecule has 1 saturated carbocycles. The van der Waals surface area contributed by atoms with E-state index < -0.39 is 5.97 Å². The summed E-state index contributed by atoms with van der Waals surface area (Å²) in [5, 5.41) is 11.9. The number of pyridine rings is 1. The van der Waals surface area contributed by atoms with Gasteiger partial charge in [0.2, 0.25) is 5.91 Å². The molecule has 1 fully saturated rings. The number of nitrogens with one attached hydrogen (secondary N) is 1. The van der Waals surface area contributed by atoms with Crippen LogP contribution >= 0.6 is 0 Å². The number of aryl methyl sites for hydroxylation is 1. The van der Waals surface area contributed by atoms with Crippen molar-refractivity contribution in [1.82, 2.24) is 10.3 Å². The van der Waals surface area contributed by atoms with Crippen molar-refractivity contribution in [1.29, 1.82) is 0 Å². The minimum Gasteiger partial charge on any atom is -0.481 e. The summed E-state index contributed by atoms with van der Waals surface area (Å²) in [6, 6.07) is 3.90. The summed E-state index contributed by atoms with van der Waals surface area (Å²) in [5.74, 6) is -0.987. The van der Waals surface area contributed by atoms with Crippen molar-refractivity contribution < 1.29 is 14.7 Å². The highest BCUT2D eigenvalue weighted by Crippen LogP contribution is 2.24. The lowest BCUT2D eigenvalue weighted by Gasteiger charge is -2.26. The average Bonchev–Trinajstić information content (AvgIpc) is 2.42. The Kier molecular flexibility index (Phi) is 4.71. The van der Waals surface area contributed by atoms with Crippen molar-refractivity contribution in [2.24, 2.45) is 5.92 Å². The number of hydrogen-bond acceptors (Lipinski definition) is 3. The zero-order valence-corrected chi connectivity index (χ0v) is 11.6. The molecule has 20 heavy (non-hydrogen) atoms. The summed E-state index contributed by atoms with van der Waals surface area (Å²) in [4.78, 5) is 26.9. The quantitative estimate of drug-likeness (QED) is 0.877. The number of nitrogens with zero attached hydrogens (tertiary/aromatic N) is 1. The number of carboxylic acid groups (broad SMARTS) is 1. The summed E-state index contributed by atoms with van der Waals surface area (Å²) in [5.41, 5.74) is 1.83. The summed E-state index contributed by atoms with van der Waals surface area (Å²) in [7, 11) is 0. The third kappa shape index (κ3) is 4.05. The van der Waals surface area contributed by atoms with Crippen molar-refractivity contribution >= 4 is 11.9 Å². The van der Waals surface area contributed by atoms with Gasteiger partial charge in [0, 0.05) is 17.9 Å². The summed E-state index contributed by atoms with van der Waals surface area (Å²) >= 11 is 0. The van der Waals surface area contributed by atoms with Gasteiger partial charge in [-0.05, 0) is 44.2 Å². The first-order valence-electron chi connectivity index (χ1n) is 6.98. The topological polar surface area (TPSA) is 79.3 Å². The molecule has 108 valence electrons. The molecule has 1 heterocycles. The zero-order valence-electron chi connectivity index (χ0n) is 11.6. The Bertz CT molecular complexity index is 476. The fourth-order valence-electron chi connectivity index (χ4n) is 2.55. The van der Waals surface area contributed by atoms with Crippen LogP contribution in [0, 0.1) is 12.8 Å². The molecular weight excluding hydrogens is 256 g/mol. The van der Waals surface area contributed by atoms with Crippen LogP contribution in [0.1, 0.15) is 36.9 Å². The first-order chi connectivity index (χ1) is 9.54. The molecule has 0 radical (unpaired) electrons. The first kappa shape index (κ1) is 14.5. The second-order valence-corrected chi connectivity index (χ2v) is 5.44. The van der Waals surface area contributed by atoms with Crippen molar-refractivity contribution in [3.8, 4) is 0 Å². The highest BCUT2D eigenvalue weighted by atomic mass is 16.4. The van der Waals surface area contributed by atoms with Gasteiger partial charge in [-0.1, -0.05) is 6.07 Å². The largest absolute Gasteiger partial charge is 0.481 e. The van der Waals surface area contributed by atoms with E-state index in [9.17, 15) is 9.59 Å². The van der Waals surface area contributed by atoms with Gasteiger partial charge in [-0.15, -0.1) is 0 Å². The van der Waals surface area contributed by atoms with Crippen LogP contribution in [-0.4, -0.2) is 28.0 Å². The van der Waals surface area contributed by atoms with E-state index in [0.717, 1.165) is 24.1 Å². The Hall–Kier alpha value is -1.91. The number of hydrogen-bond donors (Lipinski definition) is 2. The van der Waals surface area contributed by atoms with Crippen LogP contribution in [0.15, 0.2) is 18.3 Å². The van der Waals surface area contributed by atoms with Crippen LogP contribution in [0.5, 0.6) is 0 Å². The van der Waals surface area contributed by atoms with Gasteiger partial charge in [0.1, 0.15) is 0 Å². The maximum Gasteiger partial charge on any atom is 0.306 e. The van der Waals surface area contributed by atoms with Gasteiger partial charge >= 0.3 is 5.97 Å². The maximum absolute atomic E-state index is 11.9. The van der Waals surface area contributed by atoms with Crippen LogP contribution in [-0.2, 0) is 16.0 Å². The monoisotopic (exact) mass is 276 g/mol. The number of amides is 1. The molecule has 0 bridgehead atoms. The van der Waals surface area contributed by atoms with Gasteiger partial charge in [0.15, 0.2) is 0 Å². The standard InChI is InChI=1S/C15H20N2O3/c1-10-2-3-11(9-16-10)8-14(18)17-13-6-4-12(5-7-13)15(19)20/h2-3,9,12-13H,4-8H2,1H3,(H,17,18)(H,19,20). The second kappa shape index (κ2) is 6.50. The number of carboxylic acids is 1. The lowest BCUT2D eigenvalue weighted by Crippen LogP contribution is -2.39. The van der Waals surface area contributed by atoms with Crippen molar-refractivity contribution in [3.63, 3.8) is 0 Å². The molecule has 0 unspecified atom stereocenters. The van der Waals surface area contributed by atoms with Crippen LogP contribution in [0.4, 0.5) is 0 Å². The van der Waals surface area contributed by atoms with Crippen molar-refractivity contribution in [2.45, 2.75) is 45.1 Å². The summed E-state index contributed by atoms with van der Waals surface area (Å²) < 4.78 is 0. The molecule has 1 aliphatic rings. The molecule has 5 heteroatoms. The molecule has 0 atom stereocenters. The van der Waals surface area contributed by atoms with Gasteiger partial charge in [-0.2, -0.15) is 0 Å². The zero-order chi connectivity index (χ0) is 14.5. The summed E-state index contributed by atoms with van der Waals surface area (Å²) in [6.45, 7) is 1.91. The third-order valence-electron chi connectivity index (χ3n) is 3.78. The molecular formula is C15H20N2O3. The van der Waals surface area contributed by atoms with E-state index in [1.54, 1.807) is 6.20 Å². The molecule has 1 aromatic rings. The fourth-order valence-corrected chi connectivity index (χ4v) is 2.55. The van der Waals surface area contributed by atoms with Crippen molar-refractivity contribution in [3.05, 3.63) is 29.6 Å². The minimum atomic E-state index is -0.722. The van der Waals surface area contributed by atoms with Gasteiger partial charge in [-0.25, -0.2) is 0 Å².